The summed E-state index contributed by atoms with van der Waals surface area (Å²) in [5.41, 5.74) is 10.9. The fraction of sp³-hybridized carbons (Fsp3) is 0.0667. The van der Waals surface area contributed by atoms with Crippen molar-refractivity contribution in [1.29, 1.82) is 0 Å². The molecule has 0 aliphatic heterocycles. The first-order valence-corrected chi connectivity index (χ1v) is 10.5. The Morgan fingerprint density at radius 2 is 1.52 bits per heavy atom. The summed E-state index contributed by atoms with van der Waals surface area (Å²) in [6.45, 7) is 0. The van der Waals surface area contributed by atoms with Crippen LogP contribution in [0.25, 0.3) is 27.5 Å². The van der Waals surface area contributed by atoms with Gasteiger partial charge in [0.15, 0.2) is 0 Å². The fourth-order valence-corrected chi connectivity index (χ4v) is 4.78. The molecule has 0 aromatic heterocycles. The zero-order chi connectivity index (χ0) is 19.9. The molecule has 0 unspecified atom stereocenters. The quantitative estimate of drug-likeness (QED) is 0.258. The third-order valence-corrected chi connectivity index (χ3v) is 6.21. The van der Waals surface area contributed by atoms with Gasteiger partial charge in [0.2, 0.25) is 0 Å². The van der Waals surface area contributed by atoms with E-state index in [0.717, 1.165) is 12.8 Å². The first-order chi connectivity index (χ1) is 14.9. The summed E-state index contributed by atoms with van der Waals surface area (Å²) in [6, 6.07) is 31.2. The van der Waals surface area contributed by atoms with Crippen LogP contribution in [0.15, 0.2) is 103 Å². The molecular formula is C30H20Cl2Zr. The Kier molecular flexibility index (Phi) is 8.35. The number of allylic oxidation sites excluding steroid dienone is 6. The van der Waals surface area contributed by atoms with Gasteiger partial charge in [-0.1, -0.05) is 82.9 Å². The van der Waals surface area contributed by atoms with E-state index in [1.54, 1.807) is 0 Å². The summed E-state index contributed by atoms with van der Waals surface area (Å²) in [7, 11) is 0. The van der Waals surface area contributed by atoms with Crippen LogP contribution >= 0.6 is 0 Å². The van der Waals surface area contributed by atoms with Crippen molar-refractivity contribution >= 4 is 16.3 Å². The predicted molar refractivity (Wildman–Crippen MR) is 125 cm³/mol. The standard InChI is InChI=1S/C17H11.C13H9.2ClH.Zr/c1-2-6-15-12(4-1)8-10-14-11-9-13-5-3-7-16(13)17(14)15;1-3-7-12-10(5-1)9-11-6-2-4-8-13(11)12;;;/h1-4,6-10H,11H2;1-5,7-8H,9H2;2*1H;/q2*-1;;;+4/p-2. The van der Waals surface area contributed by atoms with Gasteiger partial charge in [0, 0.05) is 0 Å². The summed E-state index contributed by atoms with van der Waals surface area (Å²) in [5, 5.41) is 2.68. The van der Waals surface area contributed by atoms with Gasteiger partial charge in [-0.3, -0.25) is 0 Å². The zero-order valence-electron chi connectivity index (χ0n) is 17.9. The maximum Gasteiger partial charge on any atom is 4.00 e. The minimum Gasteiger partial charge on any atom is -1.00 e. The van der Waals surface area contributed by atoms with Crippen molar-refractivity contribution in [2.24, 2.45) is 0 Å². The molecular weight excluding hydrogens is 522 g/mol. The largest absolute Gasteiger partial charge is 4.00 e. The van der Waals surface area contributed by atoms with E-state index in [2.05, 4.69) is 97.1 Å². The normalized spacial score (nSPS) is 13.3. The van der Waals surface area contributed by atoms with Crippen LogP contribution in [-0.4, -0.2) is 0 Å². The van der Waals surface area contributed by atoms with Gasteiger partial charge in [0.25, 0.3) is 0 Å². The first kappa shape index (κ1) is 25.4. The van der Waals surface area contributed by atoms with Gasteiger partial charge < -0.3 is 24.8 Å². The molecule has 0 radical (unpaired) electrons. The Morgan fingerprint density at radius 3 is 2.42 bits per heavy atom. The number of benzene rings is 4. The SMILES string of the molecule is [C-]1=CC=C2C1=CCc1ccc3ccccc3c12.[Cl-].[Cl-].[Zr+4].[c-]1cccc2c1Cc1ccccc1-2. The molecule has 0 heterocycles. The molecule has 3 aliphatic rings. The molecule has 33 heavy (non-hydrogen) atoms. The number of rotatable bonds is 0. The van der Waals surface area contributed by atoms with Gasteiger partial charge in [-0.2, -0.15) is 53.6 Å². The third-order valence-electron chi connectivity index (χ3n) is 6.21. The summed E-state index contributed by atoms with van der Waals surface area (Å²) < 4.78 is 0. The molecule has 0 N–H and O–H groups in total. The van der Waals surface area contributed by atoms with Crippen molar-refractivity contribution in [2.45, 2.75) is 12.8 Å². The topological polar surface area (TPSA) is 0 Å². The Bertz CT molecular complexity index is 1350. The van der Waals surface area contributed by atoms with E-state index in [4.69, 9.17) is 0 Å². The number of fused-ring (bicyclic) bond motifs is 8. The number of halogens is 2. The number of hydrogen-bond acceptors (Lipinski definition) is 0. The summed E-state index contributed by atoms with van der Waals surface area (Å²) in [5.74, 6) is 0. The van der Waals surface area contributed by atoms with Crippen molar-refractivity contribution in [2.75, 3.05) is 0 Å². The van der Waals surface area contributed by atoms with E-state index in [-0.39, 0.29) is 51.0 Å². The minimum absolute atomic E-state index is 0. The second kappa shape index (κ2) is 10.8. The molecule has 0 atom stereocenters. The van der Waals surface area contributed by atoms with Gasteiger partial charge >= 0.3 is 26.2 Å². The van der Waals surface area contributed by atoms with Gasteiger partial charge in [-0.05, 0) is 23.6 Å². The maximum atomic E-state index is 3.31. The monoisotopic (exact) mass is 540 g/mol. The van der Waals surface area contributed by atoms with Crippen LogP contribution in [0.5, 0.6) is 0 Å². The van der Waals surface area contributed by atoms with Crippen LogP contribution in [0.4, 0.5) is 0 Å². The van der Waals surface area contributed by atoms with Crippen LogP contribution in [-0.2, 0) is 39.0 Å². The molecule has 0 spiro atoms. The Hall–Kier alpha value is -2.18. The molecule has 0 saturated heterocycles. The second-order valence-electron chi connectivity index (χ2n) is 7.93. The van der Waals surface area contributed by atoms with E-state index < -0.39 is 0 Å². The molecule has 0 amide bonds. The molecule has 7 rings (SSSR count). The smallest absolute Gasteiger partial charge is 1.00 e. The molecule has 158 valence electrons. The minimum atomic E-state index is 0. The van der Waals surface area contributed by atoms with E-state index in [0.29, 0.717) is 0 Å². The van der Waals surface area contributed by atoms with Crippen LogP contribution < -0.4 is 24.8 Å². The van der Waals surface area contributed by atoms with Crippen molar-refractivity contribution < 1.29 is 51.0 Å². The van der Waals surface area contributed by atoms with Crippen LogP contribution in [0, 0.1) is 12.1 Å². The molecule has 0 saturated carbocycles. The van der Waals surface area contributed by atoms with Crippen molar-refractivity contribution in [1.82, 2.24) is 0 Å². The molecule has 4 aromatic carbocycles. The fourth-order valence-electron chi connectivity index (χ4n) is 4.78. The average molecular weight is 543 g/mol. The summed E-state index contributed by atoms with van der Waals surface area (Å²) in [4.78, 5) is 0. The van der Waals surface area contributed by atoms with Gasteiger partial charge in [0.05, 0.1) is 0 Å². The Balaban J connectivity index is 0.000000175. The molecule has 3 aliphatic carbocycles. The van der Waals surface area contributed by atoms with Gasteiger partial charge in [0.1, 0.15) is 0 Å². The summed E-state index contributed by atoms with van der Waals surface area (Å²) >= 11 is 0. The van der Waals surface area contributed by atoms with Crippen LogP contribution in [0.1, 0.15) is 22.3 Å². The first-order valence-electron chi connectivity index (χ1n) is 10.5. The van der Waals surface area contributed by atoms with E-state index in [1.807, 2.05) is 12.1 Å². The molecule has 3 heteroatoms. The Labute approximate surface area is 227 Å². The molecule has 4 aromatic rings. The summed E-state index contributed by atoms with van der Waals surface area (Å²) in [6.07, 6.45) is 11.9. The van der Waals surface area contributed by atoms with Crippen LogP contribution in [0.2, 0.25) is 0 Å². The van der Waals surface area contributed by atoms with Gasteiger partial charge in [-0.25, -0.2) is 0 Å². The van der Waals surface area contributed by atoms with E-state index >= 15 is 0 Å². The van der Waals surface area contributed by atoms with Gasteiger partial charge in [-0.15, -0.1) is 17.2 Å². The van der Waals surface area contributed by atoms with Crippen molar-refractivity contribution in [3.8, 4) is 11.1 Å². The maximum absolute atomic E-state index is 3.31. The van der Waals surface area contributed by atoms with Crippen molar-refractivity contribution in [3.05, 3.63) is 137 Å². The van der Waals surface area contributed by atoms with E-state index in [9.17, 15) is 0 Å². The Morgan fingerprint density at radius 1 is 0.727 bits per heavy atom. The average Bonchev–Trinajstić information content (AvgIpc) is 3.44. The van der Waals surface area contributed by atoms with Crippen LogP contribution in [0.3, 0.4) is 0 Å². The van der Waals surface area contributed by atoms with E-state index in [1.165, 1.54) is 55.3 Å². The predicted octanol–water partition coefficient (Wildman–Crippen LogP) is 1.14. The van der Waals surface area contributed by atoms with Crippen molar-refractivity contribution in [3.63, 3.8) is 0 Å². The zero-order valence-corrected chi connectivity index (χ0v) is 21.9. The molecule has 0 fully saturated rings. The molecule has 0 bridgehead atoms. The number of hydrogen-bond donors (Lipinski definition) is 0. The third kappa shape index (κ3) is 4.60. The second-order valence-corrected chi connectivity index (χ2v) is 7.93. The molecule has 0 nitrogen and oxygen atoms in total.